The van der Waals surface area contributed by atoms with E-state index in [1.54, 1.807) is 0 Å². The third-order valence-electron chi connectivity index (χ3n) is 4.40. The molecule has 0 aromatic rings. The van der Waals surface area contributed by atoms with Crippen LogP contribution in [0.2, 0.25) is 0 Å². The van der Waals surface area contributed by atoms with Gasteiger partial charge in [0.15, 0.2) is 0 Å². The summed E-state index contributed by atoms with van der Waals surface area (Å²) < 4.78 is 5.87. The second kappa shape index (κ2) is 4.75. The minimum atomic E-state index is 0.200. The number of allylic oxidation sites excluding steroid dienone is 8. The van der Waals surface area contributed by atoms with Crippen molar-refractivity contribution in [1.29, 1.82) is 0 Å². The Morgan fingerprint density at radius 1 is 0.950 bits per heavy atom. The largest absolute Gasteiger partial charge is 0.369 e. The van der Waals surface area contributed by atoms with Crippen LogP contribution in [0.15, 0.2) is 68.9 Å². The van der Waals surface area contributed by atoms with Crippen LogP contribution in [0.4, 0.5) is 0 Å². The molecule has 0 spiro atoms. The molecular weight excluding hydrogens is 244 g/mol. The van der Waals surface area contributed by atoms with Gasteiger partial charge in [-0.2, -0.15) is 0 Å². The van der Waals surface area contributed by atoms with Crippen LogP contribution in [0.3, 0.4) is 0 Å². The van der Waals surface area contributed by atoms with Crippen LogP contribution in [0.1, 0.15) is 34.6 Å². The normalized spacial score (nSPS) is 26.1. The Kier molecular flexibility index (Phi) is 3.18. The van der Waals surface area contributed by atoms with Crippen molar-refractivity contribution < 1.29 is 4.74 Å². The third-order valence-corrected chi connectivity index (χ3v) is 4.40. The Morgan fingerprint density at radius 3 is 2.45 bits per heavy atom. The summed E-state index contributed by atoms with van der Waals surface area (Å²) >= 11 is 0. The highest BCUT2D eigenvalue weighted by molar-refractivity contribution is 5.69. The molecule has 1 unspecified atom stereocenters. The molecule has 1 heterocycles. The molecule has 2 aliphatic carbocycles. The van der Waals surface area contributed by atoms with Gasteiger partial charge in [0.25, 0.3) is 0 Å². The van der Waals surface area contributed by atoms with Gasteiger partial charge in [0.05, 0.1) is 12.7 Å². The first kappa shape index (κ1) is 13.4. The van der Waals surface area contributed by atoms with Gasteiger partial charge in [0, 0.05) is 0 Å². The third kappa shape index (κ3) is 1.97. The molecule has 0 aromatic heterocycles. The van der Waals surface area contributed by atoms with E-state index in [1.807, 2.05) is 0 Å². The van der Waals surface area contributed by atoms with Gasteiger partial charge in [0.1, 0.15) is 0 Å². The van der Waals surface area contributed by atoms with Crippen LogP contribution in [0.5, 0.6) is 0 Å². The molecule has 104 valence electrons. The molecule has 1 aliphatic heterocycles. The fourth-order valence-corrected chi connectivity index (χ4v) is 3.54. The summed E-state index contributed by atoms with van der Waals surface area (Å²) in [6.45, 7) is 11.7. The van der Waals surface area contributed by atoms with Gasteiger partial charge in [-0.1, -0.05) is 29.9 Å². The van der Waals surface area contributed by atoms with Crippen LogP contribution >= 0.6 is 0 Å². The van der Waals surface area contributed by atoms with Crippen molar-refractivity contribution in [3.63, 3.8) is 0 Å². The van der Waals surface area contributed by atoms with E-state index in [9.17, 15) is 0 Å². The molecule has 1 atom stereocenters. The molecule has 0 aromatic carbocycles. The number of rotatable bonds is 0. The summed E-state index contributed by atoms with van der Waals surface area (Å²) in [6, 6.07) is 0. The zero-order chi connectivity index (χ0) is 14.4. The molecular formula is C19H22O. The quantitative estimate of drug-likeness (QED) is 0.611. The average molecular weight is 266 g/mol. The summed E-state index contributed by atoms with van der Waals surface area (Å²) in [7, 11) is 0. The van der Waals surface area contributed by atoms with Gasteiger partial charge >= 0.3 is 0 Å². The Labute approximate surface area is 121 Å². The highest BCUT2D eigenvalue weighted by Crippen LogP contribution is 2.41. The molecule has 0 saturated carbocycles. The predicted octanol–water partition coefficient (Wildman–Crippen LogP) is 4.81. The van der Waals surface area contributed by atoms with E-state index in [0.29, 0.717) is 0 Å². The lowest BCUT2D eigenvalue weighted by molar-refractivity contribution is 0.136. The van der Waals surface area contributed by atoms with E-state index in [2.05, 4.69) is 58.9 Å². The number of ether oxygens (including phenoxy) is 1. The van der Waals surface area contributed by atoms with Crippen molar-refractivity contribution in [2.45, 2.75) is 40.7 Å². The zero-order valence-electron chi connectivity index (χ0n) is 13.0. The van der Waals surface area contributed by atoms with Crippen molar-refractivity contribution in [2.75, 3.05) is 6.61 Å². The predicted molar refractivity (Wildman–Crippen MR) is 84.5 cm³/mol. The summed E-state index contributed by atoms with van der Waals surface area (Å²) in [4.78, 5) is 0. The maximum absolute atomic E-state index is 5.87. The highest BCUT2D eigenvalue weighted by atomic mass is 16.5. The fourth-order valence-electron chi connectivity index (χ4n) is 3.54. The Hall–Kier alpha value is -1.60. The fraction of sp³-hybridized carbons (Fsp3) is 0.368. The van der Waals surface area contributed by atoms with E-state index in [4.69, 9.17) is 4.74 Å². The SMILES string of the molecule is CC1=CC(C)=C2C3=C(C=CC(C)=C2C(C)=C1)C(C)OC3. The van der Waals surface area contributed by atoms with Gasteiger partial charge in [0.2, 0.25) is 0 Å². The first-order valence-corrected chi connectivity index (χ1v) is 7.31. The van der Waals surface area contributed by atoms with Crippen LogP contribution in [-0.2, 0) is 4.74 Å². The molecule has 20 heavy (non-hydrogen) atoms. The van der Waals surface area contributed by atoms with Crippen molar-refractivity contribution in [3.05, 3.63) is 68.9 Å². The lowest BCUT2D eigenvalue weighted by Gasteiger charge is -2.16. The molecule has 0 radical (unpaired) electrons. The van der Waals surface area contributed by atoms with E-state index in [0.717, 1.165) is 6.61 Å². The van der Waals surface area contributed by atoms with Gasteiger partial charge < -0.3 is 4.74 Å². The minimum Gasteiger partial charge on any atom is -0.369 e. The van der Waals surface area contributed by atoms with Crippen LogP contribution in [-0.4, -0.2) is 12.7 Å². The Bertz CT molecular complexity index is 660. The molecule has 3 aliphatic rings. The lowest BCUT2D eigenvalue weighted by atomic mass is 9.87. The monoisotopic (exact) mass is 266 g/mol. The summed E-state index contributed by atoms with van der Waals surface area (Å²) in [5.41, 5.74) is 10.8. The summed E-state index contributed by atoms with van der Waals surface area (Å²) in [5, 5.41) is 0. The molecule has 1 heteroatoms. The maximum atomic E-state index is 5.87. The number of fused-ring (bicyclic) bond motifs is 2. The molecule has 0 bridgehead atoms. The second-order valence-electron chi connectivity index (χ2n) is 6.05. The van der Waals surface area contributed by atoms with Crippen molar-refractivity contribution >= 4 is 0 Å². The molecule has 0 N–H and O–H groups in total. The Morgan fingerprint density at radius 2 is 1.70 bits per heavy atom. The standard InChI is InChI=1S/C19H22O/c1-11-8-13(3)18-12(2)6-7-16-15(5)20-10-17(16)19(18)14(4)9-11/h6-9,15H,10H2,1-5H3. The Balaban J connectivity index is 2.33. The van der Waals surface area contributed by atoms with Crippen molar-refractivity contribution in [1.82, 2.24) is 0 Å². The van der Waals surface area contributed by atoms with E-state index >= 15 is 0 Å². The van der Waals surface area contributed by atoms with E-state index in [-0.39, 0.29) is 6.10 Å². The molecule has 3 rings (SSSR count). The first-order chi connectivity index (χ1) is 9.49. The summed E-state index contributed by atoms with van der Waals surface area (Å²) in [5.74, 6) is 0. The van der Waals surface area contributed by atoms with E-state index in [1.165, 1.54) is 44.6 Å². The number of hydrogen-bond donors (Lipinski definition) is 0. The van der Waals surface area contributed by atoms with E-state index < -0.39 is 0 Å². The van der Waals surface area contributed by atoms with Crippen LogP contribution < -0.4 is 0 Å². The second-order valence-corrected chi connectivity index (χ2v) is 6.05. The zero-order valence-corrected chi connectivity index (χ0v) is 13.0. The minimum absolute atomic E-state index is 0.200. The van der Waals surface area contributed by atoms with Gasteiger partial charge in [-0.3, -0.25) is 0 Å². The van der Waals surface area contributed by atoms with Gasteiger partial charge in [-0.25, -0.2) is 0 Å². The van der Waals surface area contributed by atoms with Gasteiger partial charge in [-0.15, -0.1) is 0 Å². The molecule has 0 fully saturated rings. The van der Waals surface area contributed by atoms with Gasteiger partial charge in [-0.05, 0) is 73.6 Å². The molecule has 1 nitrogen and oxygen atoms in total. The topological polar surface area (TPSA) is 9.23 Å². The smallest absolute Gasteiger partial charge is 0.0805 e. The first-order valence-electron chi connectivity index (χ1n) is 7.31. The molecule has 0 amide bonds. The van der Waals surface area contributed by atoms with Crippen LogP contribution in [0, 0.1) is 0 Å². The summed E-state index contributed by atoms with van der Waals surface area (Å²) in [6.07, 6.45) is 9.26. The maximum Gasteiger partial charge on any atom is 0.0805 e. The van der Waals surface area contributed by atoms with Crippen LogP contribution in [0.25, 0.3) is 0 Å². The number of hydrogen-bond acceptors (Lipinski definition) is 1. The van der Waals surface area contributed by atoms with Crippen molar-refractivity contribution in [2.24, 2.45) is 0 Å². The van der Waals surface area contributed by atoms with Crippen molar-refractivity contribution in [3.8, 4) is 0 Å². The average Bonchev–Trinajstić information content (AvgIpc) is 2.58. The lowest BCUT2D eigenvalue weighted by Crippen LogP contribution is -2.02. The highest BCUT2D eigenvalue weighted by Gasteiger charge is 2.29. The molecule has 0 saturated heterocycles.